The van der Waals surface area contributed by atoms with Crippen molar-refractivity contribution >= 4 is 29.9 Å². The normalized spacial score (nSPS) is 14.2. The highest BCUT2D eigenvalue weighted by atomic mass is 127. The zero-order chi connectivity index (χ0) is 13.7. The Kier molecular flexibility index (Phi) is 6.90. The van der Waals surface area contributed by atoms with E-state index in [2.05, 4.69) is 15.6 Å². The minimum atomic E-state index is 0. The number of nitrogens with one attached hydrogen (secondary N) is 2. The van der Waals surface area contributed by atoms with Gasteiger partial charge in [-0.25, -0.2) is 0 Å². The smallest absolute Gasteiger partial charge is 0.191 e. The van der Waals surface area contributed by atoms with E-state index in [4.69, 9.17) is 9.47 Å². The Hall–Kier alpha value is -1.18. The number of nitrogens with zero attached hydrogens (tertiary/aromatic N) is 1. The Morgan fingerprint density at radius 2 is 1.95 bits per heavy atom. The number of ether oxygens (including phenoxy) is 2. The van der Waals surface area contributed by atoms with Crippen molar-refractivity contribution in [3.63, 3.8) is 0 Å². The molecule has 112 valence electrons. The van der Waals surface area contributed by atoms with Crippen molar-refractivity contribution in [1.82, 2.24) is 10.6 Å². The molecule has 0 radical (unpaired) electrons. The first-order chi connectivity index (χ1) is 9.26. The van der Waals surface area contributed by atoms with E-state index in [1.54, 1.807) is 21.3 Å². The van der Waals surface area contributed by atoms with Gasteiger partial charge in [-0.1, -0.05) is 6.07 Å². The van der Waals surface area contributed by atoms with Crippen LogP contribution in [0, 0.1) is 0 Å². The number of hydrogen-bond donors (Lipinski definition) is 2. The molecule has 1 aromatic carbocycles. The lowest BCUT2D eigenvalue weighted by Gasteiger charge is -2.13. The van der Waals surface area contributed by atoms with Crippen molar-refractivity contribution in [1.29, 1.82) is 0 Å². The van der Waals surface area contributed by atoms with E-state index in [-0.39, 0.29) is 24.0 Å². The molecule has 0 bridgehead atoms. The highest BCUT2D eigenvalue weighted by Gasteiger charge is 2.21. The summed E-state index contributed by atoms with van der Waals surface area (Å²) in [7, 11) is 5.06. The van der Waals surface area contributed by atoms with Crippen LogP contribution in [0.15, 0.2) is 23.2 Å². The summed E-state index contributed by atoms with van der Waals surface area (Å²) in [6.07, 6.45) is 2.47. The highest BCUT2D eigenvalue weighted by molar-refractivity contribution is 14.0. The molecule has 0 heterocycles. The van der Waals surface area contributed by atoms with Gasteiger partial charge in [0.25, 0.3) is 0 Å². The Labute approximate surface area is 137 Å². The number of guanidine groups is 1. The van der Waals surface area contributed by atoms with Gasteiger partial charge in [0.05, 0.1) is 14.2 Å². The van der Waals surface area contributed by atoms with Crippen LogP contribution in [0.4, 0.5) is 0 Å². The molecule has 20 heavy (non-hydrogen) atoms. The maximum atomic E-state index is 5.29. The average molecular weight is 391 g/mol. The zero-order valence-corrected chi connectivity index (χ0v) is 14.4. The van der Waals surface area contributed by atoms with Gasteiger partial charge in [-0.05, 0) is 30.5 Å². The monoisotopic (exact) mass is 391 g/mol. The van der Waals surface area contributed by atoms with Gasteiger partial charge in [-0.3, -0.25) is 4.99 Å². The molecule has 2 rings (SSSR count). The molecule has 1 saturated carbocycles. The number of aliphatic imine (C=N–C) groups is 1. The number of hydrogen-bond acceptors (Lipinski definition) is 3. The fourth-order valence-electron chi connectivity index (χ4n) is 1.79. The first-order valence-corrected chi connectivity index (χ1v) is 6.45. The molecule has 6 heteroatoms. The molecule has 0 unspecified atom stereocenters. The second-order valence-electron chi connectivity index (χ2n) is 4.53. The Balaban J connectivity index is 0.00000200. The fourth-order valence-corrected chi connectivity index (χ4v) is 1.79. The lowest BCUT2D eigenvalue weighted by molar-refractivity contribution is 0.354. The fraction of sp³-hybridized carbons (Fsp3) is 0.500. The van der Waals surface area contributed by atoms with Crippen molar-refractivity contribution in [3.8, 4) is 11.5 Å². The highest BCUT2D eigenvalue weighted by Crippen LogP contribution is 2.27. The van der Waals surface area contributed by atoms with E-state index >= 15 is 0 Å². The van der Waals surface area contributed by atoms with Crippen LogP contribution in [0.2, 0.25) is 0 Å². The van der Waals surface area contributed by atoms with E-state index in [0.717, 1.165) is 23.0 Å². The van der Waals surface area contributed by atoms with Crippen molar-refractivity contribution < 1.29 is 9.47 Å². The van der Waals surface area contributed by atoms with E-state index in [9.17, 15) is 0 Å². The number of rotatable bonds is 5. The van der Waals surface area contributed by atoms with Crippen molar-refractivity contribution in [2.45, 2.75) is 25.4 Å². The molecule has 1 aliphatic carbocycles. The number of halogens is 1. The molecule has 0 amide bonds. The molecule has 2 N–H and O–H groups in total. The first-order valence-electron chi connectivity index (χ1n) is 6.45. The van der Waals surface area contributed by atoms with Gasteiger partial charge in [0.15, 0.2) is 17.5 Å². The number of benzene rings is 1. The van der Waals surface area contributed by atoms with Crippen LogP contribution in [-0.2, 0) is 6.54 Å². The molecule has 0 spiro atoms. The Morgan fingerprint density at radius 1 is 1.25 bits per heavy atom. The summed E-state index contributed by atoms with van der Waals surface area (Å²) in [6.45, 7) is 0.701. The number of methoxy groups -OCH3 is 2. The molecule has 0 saturated heterocycles. The second kappa shape index (κ2) is 8.18. The van der Waals surface area contributed by atoms with Crippen LogP contribution in [0.1, 0.15) is 18.4 Å². The summed E-state index contributed by atoms with van der Waals surface area (Å²) < 4.78 is 10.5. The topological polar surface area (TPSA) is 54.9 Å². The van der Waals surface area contributed by atoms with Crippen LogP contribution in [-0.4, -0.2) is 33.3 Å². The van der Waals surface area contributed by atoms with E-state index in [1.165, 1.54) is 12.8 Å². The summed E-state index contributed by atoms with van der Waals surface area (Å²) in [5.74, 6) is 2.33. The van der Waals surface area contributed by atoms with Crippen LogP contribution in [0.25, 0.3) is 0 Å². The van der Waals surface area contributed by atoms with Crippen molar-refractivity contribution in [2.75, 3.05) is 21.3 Å². The van der Waals surface area contributed by atoms with Gasteiger partial charge in [-0.15, -0.1) is 24.0 Å². The summed E-state index contributed by atoms with van der Waals surface area (Å²) in [6, 6.07) is 6.48. The maximum absolute atomic E-state index is 5.29. The largest absolute Gasteiger partial charge is 0.493 e. The van der Waals surface area contributed by atoms with E-state index in [1.807, 2.05) is 18.2 Å². The summed E-state index contributed by atoms with van der Waals surface area (Å²) in [5, 5.41) is 6.63. The minimum absolute atomic E-state index is 0. The molecule has 1 fully saturated rings. The van der Waals surface area contributed by atoms with Crippen molar-refractivity contribution in [2.24, 2.45) is 4.99 Å². The van der Waals surface area contributed by atoms with Crippen LogP contribution in [0.3, 0.4) is 0 Å². The molecule has 1 aliphatic rings. The maximum Gasteiger partial charge on any atom is 0.191 e. The summed E-state index contributed by atoms with van der Waals surface area (Å²) >= 11 is 0. The molecular weight excluding hydrogens is 369 g/mol. The van der Waals surface area contributed by atoms with Gasteiger partial charge < -0.3 is 20.1 Å². The van der Waals surface area contributed by atoms with Crippen LogP contribution < -0.4 is 20.1 Å². The minimum Gasteiger partial charge on any atom is -0.493 e. The molecule has 0 aliphatic heterocycles. The molecule has 5 nitrogen and oxygen atoms in total. The zero-order valence-electron chi connectivity index (χ0n) is 12.1. The Morgan fingerprint density at radius 3 is 2.50 bits per heavy atom. The van der Waals surface area contributed by atoms with Gasteiger partial charge in [0, 0.05) is 19.6 Å². The third-order valence-corrected chi connectivity index (χ3v) is 3.05. The second-order valence-corrected chi connectivity index (χ2v) is 4.53. The lowest BCUT2D eigenvalue weighted by atomic mass is 10.2. The van der Waals surface area contributed by atoms with Crippen molar-refractivity contribution in [3.05, 3.63) is 23.8 Å². The predicted molar refractivity (Wildman–Crippen MR) is 91.3 cm³/mol. The van der Waals surface area contributed by atoms with Gasteiger partial charge in [0.2, 0.25) is 0 Å². The quantitative estimate of drug-likeness (QED) is 0.459. The SMILES string of the molecule is CN=C(NCc1ccc(OC)c(OC)c1)NC1CC1.I. The lowest BCUT2D eigenvalue weighted by Crippen LogP contribution is -2.38. The van der Waals surface area contributed by atoms with Crippen LogP contribution >= 0.6 is 24.0 Å². The molecule has 1 aromatic rings. The predicted octanol–water partition coefficient (Wildman–Crippen LogP) is 2.15. The van der Waals surface area contributed by atoms with Crippen LogP contribution in [0.5, 0.6) is 11.5 Å². The summed E-state index contributed by atoms with van der Waals surface area (Å²) in [4.78, 5) is 4.20. The van der Waals surface area contributed by atoms with Gasteiger partial charge in [-0.2, -0.15) is 0 Å². The Bertz CT molecular complexity index is 462. The van der Waals surface area contributed by atoms with E-state index < -0.39 is 0 Å². The molecular formula is C14H22IN3O2. The summed E-state index contributed by atoms with van der Waals surface area (Å²) in [5.41, 5.74) is 1.12. The standard InChI is InChI=1S/C14H21N3O2.HI/c1-15-14(17-11-5-6-11)16-9-10-4-7-12(18-2)13(8-10)19-3;/h4,7-8,11H,5-6,9H2,1-3H3,(H2,15,16,17);1H. The van der Waals surface area contributed by atoms with Gasteiger partial charge >= 0.3 is 0 Å². The first kappa shape index (κ1) is 16.9. The third kappa shape index (κ3) is 4.73. The van der Waals surface area contributed by atoms with E-state index in [0.29, 0.717) is 12.6 Å². The molecule has 0 atom stereocenters. The molecule has 0 aromatic heterocycles. The average Bonchev–Trinajstić information content (AvgIpc) is 3.26. The third-order valence-electron chi connectivity index (χ3n) is 3.05. The van der Waals surface area contributed by atoms with Gasteiger partial charge in [0.1, 0.15) is 0 Å².